The molecule has 2 aromatic rings. The normalized spacial score (nSPS) is 13.5. The summed E-state index contributed by atoms with van der Waals surface area (Å²) >= 11 is 0. The molecule has 6 nitrogen and oxygen atoms in total. The van der Waals surface area contributed by atoms with Crippen molar-refractivity contribution < 1.29 is 13.2 Å². The Morgan fingerprint density at radius 1 is 1.12 bits per heavy atom. The number of benzene rings is 2. The molecule has 0 atom stereocenters. The monoisotopic (exact) mass is 359 g/mol. The summed E-state index contributed by atoms with van der Waals surface area (Å²) in [7, 11) is -3.32. The minimum atomic E-state index is -3.32. The van der Waals surface area contributed by atoms with Crippen LogP contribution in [-0.4, -0.2) is 27.2 Å². The molecule has 0 saturated heterocycles. The highest BCUT2D eigenvalue weighted by Crippen LogP contribution is 2.32. The van der Waals surface area contributed by atoms with Gasteiger partial charge in [-0.15, -0.1) is 0 Å². The summed E-state index contributed by atoms with van der Waals surface area (Å²) in [4.78, 5) is 12.3. The lowest BCUT2D eigenvalue weighted by Gasteiger charge is -2.17. The van der Waals surface area contributed by atoms with Crippen LogP contribution in [0.15, 0.2) is 36.4 Å². The Hall–Kier alpha value is -2.54. The predicted octanol–water partition coefficient (Wildman–Crippen LogP) is 3.27. The lowest BCUT2D eigenvalue weighted by molar-refractivity contribution is 0.262. The SMILES string of the molecule is Cc1cccc(NC(=O)Nc2ccc3c(c2)N(S(C)(=O)=O)CC3)c1C. The molecule has 0 aromatic heterocycles. The maximum Gasteiger partial charge on any atom is 0.323 e. The van der Waals surface area contributed by atoms with Crippen LogP contribution >= 0.6 is 0 Å². The second-order valence-electron chi connectivity index (χ2n) is 6.26. The fraction of sp³-hybridized carbons (Fsp3) is 0.278. The lowest BCUT2D eigenvalue weighted by atomic mass is 10.1. The molecule has 3 rings (SSSR count). The molecule has 0 saturated carbocycles. The number of hydrogen-bond donors (Lipinski definition) is 2. The van der Waals surface area contributed by atoms with Crippen molar-refractivity contribution >= 4 is 33.1 Å². The van der Waals surface area contributed by atoms with Crippen molar-refractivity contribution in [2.75, 3.05) is 27.7 Å². The Morgan fingerprint density at radius 3 is 2.60 bits per heavy atom. The summed E-state index contributed by atoms with van der Waals surface area (Å²) in [6.07, 6.45) is 1.87. The van der Waals surface area contributed by atoms with Gasteiger partial charge in [0.2, 0.25) is 10.0 Å². The molecule has 0 radical (unpaired) electrons. The van der Waals surface area contributed by atoms with Crippen LogP contribution in [0.1, 0.15) is 16.7 Å². The first-order valence-electron chi connectivity index (χ1n) is 8.00. The van der Waals surface area contributed by atoms with Crippen molar-refractivity contribution in [3.8, 4) is 0 Å². The Kier molecular flexibility index (Phi) is 4.43. The van der Waals surface area contributed by atoms with Gasteiger partial charge in [0, 0.05) is 17.9 Å². The van der Waals surface area contributed by atoms with E-state index < -0.39 is 10.0 Å². The van der Waals surface area contributed by atoms with E-state index in [2.05, 4.69) is 10.6 Å². The molecular formula is C18H21N3O3S. The van der Waals surface area contributed by atoms with E-state index in [9.17, 15) is 13.2 Å². The van der Waals surface area contributed by atoms with Gasteiger partial charge in [-0.1, -0.05) is 18.2 Å². The standard InChI is InChI=1S/C18H21N3O3S/c1-12-5-4-6-16(13(12)2)20-18(22)19-15-8-7-14-9-10-21(17(14)11-15)25(3,23)24/h4-8,11H,9-10H2,1-3H3,(H2,19,20,22). The van der Waals surface area contributed by atoms with Crippen LogP contribution in [0.5, 0.6) is 0 Å². The van der Waals surface area contributed by atoms with E-state index in [4.69, 9.17) is 0 Å². The van der Waals surface area contributed by atoms with Gasteiger partial charge < -0.3 is 10.6 Å². The zero-order valence-electron chi connectivity index (χ0n) is 14.5. The number of fused-ring (bicyclic) bond motifs is 1. The summed E-state index contributed by atoms with van der Waals surface area (Å²) in [5.74, 6) is 0. The Morgan fingerprint density at radius 2 is 1.88 bits per heavy atom. The first kappa shape index (κ1) is 17.3. The van der Waals surface area contributed by atoms with Crippen LogP contribution in [-0.2, 0) is 16.4 Å². The number of nitrogens with one attached hydrogen (secondary N) is 2. The molecular weight excluding hydrogens is 338 g/mol. The zero-order chi connectivity index (χ0) is 18.2. The molecule has 1 aliphatic rings. The van der Waals surface area contributed by atoms with Gasteiger partial charge in [-0.3, -0.25) is 4.31 Å². The van der Waals surface area contributed by atoms with Gasteiger partial charge in [0.05, 0.1) is 11.9 Å². The molecule has 0 spiro atoms. The number of rotatable bonds is 3. The predicted molar refractivity (Wildman–Crippen MR) is 101 cm³/mol. The number of carbonyl (C=O) groups is 1. The van der Waals surface area contributed by atoms with Crippen LogP contribution in [0.25, 0.3) is 0 Å². The number of carbonyl (C=O) groups excluding carboxylic acids is 1. The third kappa shape index (κ3) is 3.61. The van der Waals surface area contributed by atoms with Gasteiger partial charge in [0.15, 0.2) is 0 Å². The lowest BCUT2D eigenvalue weighted by Crippen LogP contribution is -2.27. The van der Waals surface area contributed by atoms with Gasteiger partial charge in [-0.2, -0.15) is 0 Å². The third-order valence-electron chi connectivity index (χ3n) is 4.45. The molecule has 7 heteroatoms. The van der Waals surface area contributed by atoms with E-state index in [0.717, 1.165) is 22.4 Å². The fourth-order valence-corrected chi connectivity index (χ4v) is 3.89. The van der Waals surface area contributed by atoms with E-state index in [0.29, 0.717) is 24.3 Å². The van der Waals surface area contributed by atoms with Gasteiger partial charge in [-0.05, 0) is 55.2 Å². The number of anilines is 3. The summed E-state index contributed by atoms with van der Waals surface area (Å²) in [5, 5.41) is 5.59. The van der Waals surface area contributed by atoms with Crippen molar-refractivity contribution in [2.45, 2.75) is 20.3 Å². The minimum Gasteiger partial charge on any atom is -0.308 e. The second-order valence-corrected chi connectivity index (χ2v) is 8.16. The van der Waals surface area contributed by atoms with E-state index in [1.807, 2.05) is 38.1 Å². The van der Waals surface area contributed by atoms with Crippen LogP contribution in [0, 0.1) is 13.8 Å². The Labute approximate surface area is 147 Å². The van der Waals surface area contributed by atoms with Crippen molar-refractivity contribution in [1.29, 1.82) is 0 Å². The van der Waals surface area contributed by atoms with E-state index in [-0.39, 0.29) is 6.03 Å². The molecule has 0 unspecified atom stereocenters. The smallest absolute Gasteiger partial charge is 0.308 e. The average molecular weight is 359 g/mol. The first-order chi connectivity index (χ1) is 11.8. The van der Waals surface area contributed by atoms with Crippen LogP contribution in [0.4, 0.5) is 21.9 Å². The highest BCUT2D eigenvalue weighted by molar-refractivity contribution is 7.92. The molecule has 1 heterocycles. The summed E-state index contributed by atoms with van der Waals surface area (Å²) in [6.45, 7) is 4.37. The molecule has 0 aliphatic carbocycles. The number of nitrogens with zero attached hydrogens (tertiary/aromatic N) is 1. The van der Waals surface area contributed by atoms with Crippen LogP contribution < -0.4 is 14.9 Å². The molecule has 0 fully saturated rings. The number of hydrogen-bond acceptors (Lipinski definition) is 3. The van der Waals surface area contributed by atoms with Crippen molar-refractivity contribution in [1.82, 2.24) is 0 Å². The second kappa shape index (κ2) is 6.40. The molecule has 2 amide bonds. The largest absolute Gasteiger partial charge is 0.323 e. The van der Waals surface area contributed by atoms with E-state index in [1.54, 1.807) is 12.1 Å². The van der Waals surface area contributed by atoms with Gasteiger partial charge in [-0.25, -0.2) is 13.2 Å². The van der Waals surface area contributed by atoms with Crippen LogP contribution in [0.2, 0.25) is 0 Å². The highest BCUT2D eigenvalue weighted by Gasteiger charge is 2.26. The summed E-state index contributed by atoms with van der Waals surface area (Å²) in [6, 6.07) is 10.7. The molecule has 132 valence electrons. The molecule has 2 N–H and O–H groups in total. The van der Waals surface area contributed by atoms with Gasteiger partial charge >= 0.3 is 6.03 Å². The van der Waals surface area contributed by atoms with Crippen molar-refractivity contribution in [3.63, 3.8) is 0 Å². The maximum absolute atomic E-state index is 12.3. The van der Waals surface area contributed by atoms with E-state index >= 15 is 0 Å². The highest BCUT2D eigenvalue weighted by atomic mass is 32.2. The third-order valence-corrected chi connectivity index (χ3v) is 5.63. The summed E-state index contributed by atoms with van der Waals surface area (Å²) in [5.41, 5.74) is 5.00. The first-order valence-corrected chi connectivity index (χ1v) is 9.85. The van der Waals surface area contributed by atoms with Crippen molar-refractivity contribution in [3.05, 3.63) is 53.1 Å². The quantitative estimate of drug-likeness (QED) is 0.883. The van der Waals surface area contributed by atoms with Crippen LogP contribution in [0.3, 0.4) is 0 Å². The number of urea groups is 1. The maximum atomic E-state index is 12.3. The molecule has 0 bridgehead atoms. The molecule has 2 aromatic carbocycles. The fourth-order valence-electron chi connectivity index (χ4n) is 2.94. The number of aryl methyl sites for hydroxylation is 1. The van der Waals surface area contributed by atoms with Crippen molar-refractivity contribution in [2.24, 2.45) is 0 Å². The number of amides is 2. The average Bonchev–Trinajstić information content (AvgIpc) is 2.95. The van der Waals surface area contributed by atoms with E-state index in [1.165, 1.54) is 10.6 Å². The number of sulfonamides is 1. The van der Waals surface area contributed by atoms with Gasteiger partial charge in [0.25, 0.3) is 0 Å². The minimum absolute atomic E-state index is 0.363. The molecule has 1 aliphatic heterocycles. The zero-order valence-corrected chi connectivity index (χ0v) is 15.3. The Bertz CT molecular complexity index is 939. The topological polar surface area (TPSA) is 78.5 Å². The summed E-state index contributed by atoms with van der Waals surface area (Å²) < 4.78 is 25.1. The molecule has 25 heavy (non-hydrogen) atoms. The Balaban J connectivity index is 1.78. The van der Waals surface area contributed by atoms with Gasteiger partial charge in [0.1, 0.15) is 0 Å².